The molecule has 1 N–H and O–H groups in total. The molecule has 1 heterocycles. The van der Waals surface area contributed by atoms with Gasteiger partial charge in [0, 0.05) is 25.2 Å². The monoisotopic (exact) mass is 318 g/mol. The summed E-state index contributed by atoms with van der Waals surface area (Å²) < 4.78 is 39.2. The first-order valence-electron chi connectivity index (χ1n) is 6.24. The Bertz CT molecular complexity index is 683. The van der Waals surface area contributed by atoms with E-state index in [-0.39, 0.29) is 19.0 Å². The van der Waals surface area contributed by atoms with Gasteiger partial charge in [-0.15, -0.1) is 0 Å². The highest BCUT2D eigenvalue weighted by Crippen LogP contribution is 2.34. The summed E-state index contributed by atoms with van der Waals surface area (Å²) in [6, 6.07) is 2.34. The topological polar surface area (TPSA) is 101 Å². The van der Waals surface area contributed by atoms with Crippen molar-refractivity contribution in [1.29, 1.82) is 0 Å². The van der Waals surface area contributed by atoms with Gasteiger partial charge in [0.2, 0.25) is 10.0 Å². The van der Waals surface area contributed by atoms with Gasteiger partial charge in [-0.2, -0.15) is 4.31 Å². The zero-order chi connectivity index (χ0) is 16.0. The molecule has 0 atom stereocenters. The van der Waals surface area contributed by atoms with Crippen molar-refractivity contribution in [3.8, 4) is 0 Å². The van der Waals surface area contributed by atoms with Crippen LogP contribution in [0.4, 0.5) is 10.1 Å². The molecular weight excluding hydrogens is 303 g/mol. The minimum Gasteiger partial charge on any atom is -0.387 e. The summed E-state index contributed by atoms with van der Waals surface area (Å²) in [5.74, 6) is -1.21. The maximum atomic E-state index is 13.7. The van der Waals surface area contributed by atoms with Gasteiger partial charge in [0.1, 0.15) is 10.7 Å². The van der Waals surface area contributed by atoms with Crippen LogP contribution in [0.15, 0.2) is 23.1 Å². The third-order valence-electron chi connectivity index (χ3n) is 3.72. The fraction of sp³-hybridized carbons (Fsp3) is 0.500. The number of sulfonamides is 1. The zero-order valence-electron chi connectivity index (χ0n) is 11.5. The molecule has 1 fully saturated rings. The van der Waals surface area contributed by atoms with Gasteiger partial charge in [0.05, 0.1) is 10.5 Å². The van der Waals surface area contributed by atoms with Crippen LogP contribution < -0.4 is 0 Å². The maximum absolute atomic E-state index is 13.7. The smallest absolute Gasteiger partial charge is 0.270 e. The molecule has 0 saturated carbocycles. The summed E-state index contributed by atoms with van der Waals surface area (Å²) in [5.41, 5.74) is -1.65. The molecule has 2 rings (SSSR count). The van der Waals surface area contributed by atoms with E-state index in [1.165, 1.54) is 0 Å². The van der Waals surface area contributed by atoms with Crippen LogP contribution in [0.3, 0.4) is 0 Å². The molecule has 0 amide bonds. The predicted molar refractivity (Wildman–Crippen MR) is 71.6 cm³/mol. The van der Waals surface area contributed by atoms with E-state index in [0.717, 1.165) is 16.4 Å². The van der Waals surface area contributed by atoms with Gasteiger partial charge in [-0.05, 0) is 12.0 Å². The Kier molecular flexibility index (Phi) is 3.77. The van der Waals surface area contributed by atoms with Gasteiger partial charge in [0.15, 0.2) is 0 Å². The van der Waals surface area contributed by atoms with Crippen LogP contribution in [-0.4, -0.2) is 41.4 Å². The highest BCUT2D eigenvalue weighted by Gasteiger charge is 2.49. The summed E-state index contributed by atoms with van der Waals surface area (Å²) in [5, 5.41) is 20.7. The zero-order valence-corrected chi connectivity index (χ0v) is 12.3. The molecule has 1 aromatic rings. The van der Waals surface area contributed by atoms with Crippen molar-refractivity contribution in [2.45, 2.75) is 24.3 Å². The van der Waals surface area contributed by atoms with Crippen molar-refractivity contribution in [3.05, 3.63) is 34.1 Å². The number of non-ortho nitro benzene ring substituents is 1. The van der Waals surface area contributed by atoms with Gasteiger partial charge < -0.3 is 5.11 Å². The normalized spacial score (nSPS) is 18.5. The number of nitro benzene ring substituents is 1. The average Bonchev–Trinajstić information content (AvgIpc) is 2.34. The average molecular weight is 318 g/mol. The van der Waals surface area contributed by atoms with Gasteiger partial charge >= 0.3 is 0 Å². The lowest BCUT2D eigenvalue weighted by Gasteiger charge is -2.47. The second-order valence-electron chi connectivity index (χ2n) is 5.40. The molecule has 9 heteroatoms. The molecular formula is C12H15FN2O5S. The van der Waals surface area contributed by atoms with E-state index in [4.69, 9.17) is 0 Å². The Hall–Kier alpha value is -1.58. The first-order valence-corrected chi connectivity index (χ1v) is 7.68. The van der Waals surface area contributed by atoms with E-state index in [2.05, 4.69) is 0 Å². The Balaban J connectivity index is 2.34. The first-order chi connectivity index (χ1) is 9.58. The quantitative estimate of drug-likeness (QED) is 0.662. The summed E-state index contributed by atoms with van der Waals surface area (Å²) in [6.45, 7) is 3.18. The van der Waals surface area contributed by atoms with Crippen molar-refractivity contribution >= 4 is 15.7 Å². The number of halogens is 1. The van der Waals surface area contributed by atoms with Crippen LogP contribution in [0.2, 0.25) is 0 Å². The number of aliphatic hydroxyl groups is 1. The number of rotatable bonds is 4. The van der Waals surface area contributed by atoms with Crippen LogP contribution in [0, 0.1) is 21.8 Å². The summed E-state index contributed by atoms with van der Waals surface area (Å²) >= 11 is 0. The molecule has 0 unspecified atom stereocenters. The van der Waals surface area contributed by atoms with Crippen molar-refractivity contribution in [3.63, 3.8) is 0 Å². The second kappa shape index (κ2) is 5.00. The summed E-state index contributed by atoms with van der Waals surface area (Å²) in [7, 11) is -4.20. The fourth-order valence-corrected chi connectivity index (χ4v) is 3.69. The first kappa shape index (κ1) is 15.8. The van der Waals surface area contributed by atoms with E-state index < -0.39 is 36.9 Å². The van der Waals surface area contributed by atoms with Crippen LogP contribution in [0.5, 0.6) is 0 Å². The molecule has 116 valence electrons. The van der Waals surface area contributed by atoms with Crippen molar-refractivity contribution in [2.24, 2.45) is 5.92 Å². The predicted octanol–water partition coefficient (Wildman–Crippen LogP) is 1.13. The molecule has 21 heavy (non-hydrogen) atoms. The lowest BCUT2D eigenvalue weighted by atomic mass is 9.85. The van der Waals surface area contributed by atoms with Crippen molar-refractivity contribution < 1.29 is 22.8 Å². The van der Waals surface area contributed by atoms with E-state index in [9.17, 15) is 28.0 Å². The molecule has 1 aromatic carbocycles. The molecule has 0 aliphatic carbocycles. The van der Waals surface area contributed by atoms with Gasteiger partial charge in [0.25, 0.3) is 5.69 Å². The number of nitrogens with zero attached hydrogens (tertiary/aromatic N) is 2. The summed E-state index contributed by atoms with van der Waals surface area (Å²) in [4.78, 5) is 9.13. The standard InChI is InChI=1S/C12H15FN2O5S/c1-8(2)12(16)6-14(7-12)21(19,20)11-5-9(15(17)18)3-4-10(11)13/h3-5,8,16H,6-7H2,1-2H3. The SMILES string of the molecule is CC(C)C1(O)CN(S(=O)(=O)c2cc([N+](=O)[O-])ccc2F)C1. The lowest BCUT2D eigenvalue weighted by Crippen LogP contribution is -2.65. The Labute approximate surface area is 121 Å². The van der Waals surface area contributed by atoms with Crippen LogP contribution in [-0.2, 0) is 10.0 Å². The molecule has 1 aliphatic heterocycles. The van der Waals surface area contributed by atoms with Crippen molar-refractivity contribution in [2.75, 3.05) is 13.1 Å². The van der Waals surface area contributed by atoms with E-state index in [1.54, 1.807) is 13.8 Å². The third kappa shape index (κ3) is 2.63. The summed E-state index contributed by atoms with van der Waals surface area (Å²) in [6.07, 6.45) is 0. The molecule has 7 nitrogen and oxygen atoms in total. The highest BCUT2D eigenvalue weighted by molar-refractivity contribution is 7.89. The van der Waals surface area contributed by atoms with Crippen LogP contribution in [0.1, 0.15) is 13.8 Å². The minimum absolute atomic E-state index is 0.154. The van der Waals surface area contributed by atoms with E-state index >= 15 is 0 Å². The van der Waals surface area contributed by atoms with Crippen LogP contribution >= 0.6 is 0 Å². The molecule has 1 saturated heterocycles. The number of hydrogen-bond donors (Lipinski definition) is 1. The Morgan fingerprint density at radius 3 is 2.48 bits per heavy atom. The van der Waals surface area contributed by atoms with Crippen molar-refractivity contribution in [1.82, 2.24) is 4.31 Å². The van der Waals surface area contributed by atoms with Gasteiger partial charge in [-0.25, -0.2) is 12.8 Å². The highest BCUT2D eigenvalue weighted by atomic mass is 32.2. The number of β-amino-alcohol motifs (C(OH)–C–C–N with tert-alkyl or cyclic N) is 1. The largest absolute Gasteiger partial charge is 0.387 e. The third-order valence-corrected chi connectivity index (χ3v) is 5.53. The van der Waals surface area contributed by atoms with Gasteiger partial charge in [-0.1, -0.05) is 13.8 Å². The van der Waals surface area contributed by atoms with Gasteiger partial charge in [-0.3, -0.25) is 10.1 Å². The maximum Gasteiger partial charge on any atom is 0.270 e. The lowest BCUT2D eigenvalue weighted by molar-refractivity contribution is -0.385. The van der Waals surface area contributed by atoms with E-state index in [0.29, 0.717) is 6.07 Å². The fourth-order valence-electron chi connectivity index (χ4n) is 2.04. The number of hydrogen-bond acceptors (Lipinski definition) is 5. The number of benzene rings is 1. The Morgan fingerprint density at radius 1 is 1.43 bits per heavy atom. The Morgan fingerprint density at radius 2 is 2.00 bits per heavy atom. The van der Waals surface area contributed by atoms with E-state index in [1.807, 2.05) is 0 Å². The molecule has 1 aliphatic rings. The molecule has 0 radical (unpaired) electrons. The number of nitro groups is 1. The molecule has 0 spiro atoms. The molecule has 0 bridgehead atoms. The minimum atomic E-state index is -4.20. The second-order valence-corrected chi connectivity index (χ2v) is 7.31. The van der Waals surface area contributed by atoms with Crippen LogP contribution in [0.25, 0.3) is 0 Å². The molecule has 0 aromatic heterocycles.